The zero-order chi connectivity index (χ0) is 10.2. The molecule has 0 aromatic heterocycles. The minimum atomic E-state index is -4.53. The summed E-state index contributed by atoms with van der Waals surface area (Å²) in [6.07, 6.45) is -4.53. The van der Waals surface area contributed by atoms with Crippen molar-refractivity contribution in [2.45, 2.75) is 13.1 Å². The second-order valence-corrected chi connectivity index (χ2v) is 2.68. The fourth-order valence-corrected chi connectivity index (χ4v) is 1.16. The van der Waals surface area contributed by atoms with Crippen molar-refractivity contribution in [1.82, 2.24) is 0 Å². The highest BCUT2D eigenvalue weighted by atomic mass is 19.4. The maximum atomic E-state index is 12.5. The lowest BCUT2D eigenvalue weighted by molar-refractivity contribution is -0.137. The van der Waals surface area contributed by atoms with Crippen molar-refractivity contribution in [1.29, 1.82) is 0 Å². The average molecular weight is 193 g/mol. The van der Waals surface area contributed by atoms with E-state index >= 15 is 0 Å². The molecule has 0 atom stereocenters. The second-order valence-electron chi connectivity index (χ2n) is 2.68. The number of hydrogen-bond acceptors (Lipinski definition) is 1. The van der Waals surface area contributed by atoms with Crippen LogP contribution < -0.4 is 5.73 Å². The maximum absolute atomic E-state index is 12.5. The molecule has 0 saturated heterocycles. The molecule has 1 aromatic rings. The van der Waals surface area contributed by atoms with Crippen LogP contribution in [0.2, 0.25) is 0 Å². The Labute approximate surface area is 72.2 Å². The first kappa shape index (κ1) is 9.83. The Morgan fingerprint density at radius 3 is 2.15 bits per heavy atom. The van der Waals surface area contributed by atoms with Gasteiger partial charge in [0.05, 0.1) is 5.56 Å². The Bertz CT molecular complexity index is 306. The highest BCUT2D eigenvalue weighted by Crippen LogP contribution is 2.36. The number of aryl methyl sites for hydroxylation is 1. The maximum Gasteiger partial charge on any atom is 0.418 e. The molecule has 5 heteroatoms. The monoisotopic (exact) mass is 193 g/mol. The van der Waals surface area contributed by atoms with Crippen molar-refractivity contribution in [2.75, 3.05) is 5.73 Å². The van der Waals surface area contributed by atoms with Gasteiger partial charge in [-0.2, -0.15) is 13.2 Å². The molecule has 1 aromatic carbocycles. The molecule has 0 aliphatic heterocycles. The van der Waals surface area contributed by atoms with E-state index in [0.717, 1.165) is 6.07 Å². The highest BCUT2D eigenvalue weighted by molar-refractivity contribution is 5.52. The number of hydrogen-bond donors (Lipinski definition) is 1. The number of alkyl halides is 3. The van der Waals surface area contributed by atoms with E-state index < -0.39 is 23.2 Å². The van der Waals surface area contributed by atoms with Gasteiger partial charge in [-0.3, -0.25) is 0 Å². The summed E-state index contributed by atoms with van der Waals surface area (Å²) in [7, 11) is 0. The lowest BCUT2D eigenvalue weighted by atomic mass is 10.1. The van der Waals surface area contributed by atoms with Gasteiger partial charge in [-0.05, 0) is 24.6 Å². The highest BCUT2D eigenvalue weighted by Gasteiger charge is 2.34. The summed E-state index contributed by atoms with van der Waals surface area (Å²) in [5, 5.41) is 0. The minimum absolute atomic E-state index is 0.204. The molecule has 13 heavy (non-hydrogen) atoms. The van der Waals surface area contributed by atoms with Gasteiger partial charge >= 0.3 is 6.18 Å². The Hall–Kier alpha value is -1.26. The summed E-state index contributed by atoms with van der Waals surface area (Å²) in [5.41, 5.74) is 3.30. The van der Waals surface area contributed by atoms with Crippen molar-refractivity contribution in [2.24, 2.45) is 0 Å². The van der Waals surface area contributed by atoms with Gasteiger partial charge in [-0.15, -0.1) is 0 Å². The third-order valence-electron chi connectivity index (χ3n) is 1.61. The SMILES string of the molecule is Cc1cc(F)cc(N)c1C(F)(F)F. The van der Waals surface area contributed by atoms with Crippen molar-refractivity contribution >= 4 is 5.69 Å². The zero-order valence-electron chi connectivity index (χ0n) is 6.74. The van der Waals surface area contributed by atoms with Gasteiger partial charge in [-0.1, -0.05) is 0 Å². The van der Waals surface area contributed by atoms with Crippen LogP contribution >= 0.6 is 0 Å². The molecule has 0 amide bonds. The molecular formula is C8H7F4N. The van der Waals surface area contributed by atoms with Crippen molar-refractivity contribution in [3.8, 4) is 0 Å². The van der Waals surface area contributed by atoms with Crippen LogP contribution in [0.15, 0.2) is 12.1 Å². The van der Waals surface area contributed by atoms with Gasteiger partial charge in [0, 0.05) is 5.69 Å². The van der Waals surface area contributed by atoms with E-state index in [2.05, 4.69) is 0 Å². The fourth-order valence-electron chi connectivity index (χ4n) is 1.16. The summed E-state index contributed by atoms with van der Waals surface area (Å²) in [6.45, 7) is 1.17. The molecule has 0 spiro atoms. The first-order chi connectivity index (χ1) is 5.82. The summed E-state index contributed by atoms with van der Waals surface area (Å²) in [5.74, 6) is -0.761. The molecule has 0 aliphatic carbocycles. The Morgan fingerprint density at radius 1 is 1.23 bits per heavy atom. The predicted octanol–water partition coefficient (Wildman–Crippen LogP) is 2.74. The number of nitrogen functional groups attached to an aromatic ring is 1. The van der Waals surface area contributed by atoms with Crippen LogP contribution in [0.25, 0.3) is 0 Å². The molecule has 2 N–H and O–H groups in total. The van der Waals surface area contributed by atoms with Gasteiger partial charge in [-0.25, -0.2) is 4.39 Å². The summed E-state index contributed by atoms with van der Waals surface area (Å²) < 4.78 is 49.3. The molecule has 1 rings (SSSR count). The molecule has 0 fully saturated rings. The lowest BCUT2D eigenvalue weighted by Gasteiger charge is -2.12. The quantitative estimate of drug-likeness (QED) is 0.497. The molecule has 0 bridgehead atoms. The van der Waals surface area contributed by atoms with E-state index in [1.54, 1.807) is 0 Å². The summed E-state index contributed by atoms with van der Waals surface area (Å²) >= 11 is 0. The van der Waals surface area contributed by atoms with E-state index in [9.17, 15) is 17.6 Å². The molecular weight excluding hydrogens is 186 g/mol. The number of rotatable bonds is 0. The van der Waals surface area contributed by atoms with Gasteiger partial charge in [0.2, 0.25) is 0 Å². The fraction of sp³-hybridized carbons (Fsp3) is 0.250. The molecule has 0 aliphatic rings. The van der Waals surface area contributed by atoms with Crippen LogP contribution in [0, 0.1) is 12.7 Å². The third kappa shape index (κ3) is 1.91. The summed E-state index contributed by atoms with van der Waals surface area (Å²) in [6, 6.07) is 1.47. The molecule has 0 unspecified atom stereocenters. The molecule has 0 heterocycles. The minimum Gasteiger partial charge on any atom is -0.398 e. The van der Waals surface area contributed by atoms with Crippen LogP contribution in [0.1, 0.15) is 11.1 Å². The van der Waals surface area contributed by atoms with Gasteiger partial charge in [0.15, 0.2) is 0 Å². The number of benzene rings is 1. The van der Waals surface area contributed by atoms with Crippen LogP contribution in [0.5, 0.6) is 0 Å². The van der Waals surface area contributed by atoms with Gasteiger partial charge in [0.25, 0.3) is 0 Å². The standard InChI is InChI=1S/C8H7F4N/c1-4-2-5(9)3-6(13)7(4)8(10,11)12/h2-3H,13H2,1H3. The van der Waals surface area contributed by atoms with Gasteiger partial charge < -0.3 is 5.73 Å². The first-order valence-corrected chi connectivity index (χ1v) is 3.45. The van der Waals surface area contributed by atoms with Crippen molar-refractivity contribution in [3.05, 3.63) is 29.1 Å². The third-order valence-corrected chi connectivity index (χ3v) is 1.61. The molecule has 72 valence electrons. The normalized spacial score (nSPS) is 11.8. The van der Waals surface area contributed by atoms with E-state index in [4.69, 9.17) is 5.73 Å². The second kappa shape index (κ2) is 2.90. The van der Waals surface area contributed by atoms with Gasteiger partial charge in [0.1, 0.15) is 5.82 Å². The van der Waals surface area contributed by atoms with E-state index in [1.807, 2.05) is 0 Å². The van der Waals surface area contributed by atoms with E-state index in [1.165, 1.54) is 6.92 Å². The lowest BCUT2D eigenvalue weighted by Crippen LogP contribution is -2.11. The number of nitrogens with two attached hydrogens (primary N) is 1. The smallest absolute Gasteiger partial charge is 0.398 e. The average Bonchev–Trinajstić information content (AvgIpc) is 1.78. The molecule has 0 saturated carbocycles. The summed E-state index contributed by atoms with van der Waals surface area (Å²) in [4.78, 5) is 0. The number of halogens is 4. The van der Waals surface area contributed by atoms with Crippen LogP contribution in [0.3, 0.4) is 0 Å². The molecule has 0 radical (unpaired) electrons. The zero-order valence-corrected chi connectivity index (χ0v) is 6.74. The van der Waals surface area contributed by atoms with Crippen LogP contribution in [-0.4, -0.2) is 0 Å². The van der Waals surface area contributed by atoms with E-state index in [0.29, 0.717) is 6.07 Å². The van der Waals surface area contributed by atoms with Crippen LogP contribution in [0.4, 0.5) is 23.2 Å². The van der Waals surface area contributed by atoms with Crippen molar-refractivity contribution < 1.29 is 17.6 Å². The Morgan fingerprint density at radius 2 is 1.77 bits per heavy atom. The Balaban J connectivity index is 3.38. The topological polar surface area (TPSA) is 26.0 Å². The number of anilines is 1. The molecule has 1 nitrogen and oxygen atoms in total. The largest absolute Gasteiger partial charge is 0.418 e. The first-order valence-electron chi connectivity index (χ1n) is 3.45. The van der Waals surface area contributed by atoms with E-state index in [-0.39, 0.29) is 5.56 Å². The van der Waals surface area contributed by atoms with Crippen molar-refractivity contribution in [3.63, 3.8) is 0 Å². The Kier molecular flexibility index (Phi) is 2.19. The predicted molar refractivity (Wildman–Crippen MR) is 40.6 cm³/mol. The van der Waals surface area contributed by atoms with Crippen LogP contribution in [-0.2, 0) is 6.18 Å².